The Hall–Kier alpha value is -3.58. The first kappa shape index (κ1) is 24.5. The zero-order valence-corrected chi connectivity index (χ0v) is 22.6. The lowest BCUT2D eigenvalue weighted by Gasteiger charge is -2.36. The van der Waals surface area contributed by atoms with E-state index in [-0.39, 0.29) is 0 Å². The zero-order chi connectivity index (χ0) is 26.0. The quantitative estimate of drug-likeness (QED) is 0.305. The van der Waals surface area contributed by atoms with E-state index in [1.807, 2.05) is 35.2 Å². The predicted octanol–water partition coefficient (Wildman–Crippen LogP) is 2.82. The molecular weight excluding hydrogens is 512 g/mol. The molecule has 4 aromatic heterocycles. The van der Waals surface area contributed by atoms with Gasteiger partial charge in [0.15, 0.2) is 17.0 Å². The topological polar surface area (TPSA) is 103 Å². The molecule has 39 heavy (non-hydrogen) atoms. The first-order valence-corrected chi connectivity index (χ1v) is 14.5. The number of fused-ring (bicyclic) bond motifs is 2. The van der Waals surface area contributed by atoms with Crippen LogP contribution in [0.2, 0.25) is 0 Å². The van der Waals surface area contributed by atoms with Gasteiger partial charge in [-0.05, 0) is 23.6 Å². The molecule has 0 saturated carbocycles. The van der Waals surface area contributed by atoms with E-state index in [2.05, 4.69) is 41.8 Å². The summed E-state index contributed by atoms with van der Waals surface area (Å²) in [5.74, 6) is 2.31. The fraction of sp³-hybridized carbons (Fsp3) is 0.407. The second-order valence-corrected chi connectivity index (χ2v) is 10.8. The molecule has 2 saturated heterocycles. The van der Waals surface area contributed by atoms with Gasteiger partial charge < -0.3 is 19.9 Å². The zero-order valence-electron chi connectivity index (χ0n) is 21.8. The smallest absolute Gasteiger partial charge is 0.229 e. The molecule has 0 aliphatic carbocycles. The van der Waals surface area contributed by atoms with Crippen LogP contribution in [0.25, 0.3) is 27.9 Å². The summed E-state index contributed by atoms with van der Waals surface area (Å²) >= 11 is 1.66. The summed E-state index contributed by atoms with van der Waals surface area (Å²) in [6.45, 7) is 10.3. The third-order valence-corrected chi connectivity index (χ3v) is 8.19. The largest absolute Gasteiger partial charge is 0.379 e. The van der Waals surface area contributed by atoms with Crippen LogP contribution in [-0.4, -0.2) is 105 Å². The SMILES string of the molecule is c1ccc2[nH]c(CNc3nc(N4CCN(CCN5CCOCC5)CC4)nc4c3ncn4-c3ccsc3)nc2c1. The Kier molecular flexibility index (Phi) is 6.83. The van der Waals surface area contributed by atoms with Crippen molar-refractivity contribution in [3.05, 3.63) is 53.2 Å². The van der Waals surface area contributed by atoms with Gasteiger partial charge in [-0.2, -0.15) is 21.3 Å². The maximum absolute atomic E-state index is 5.49. The lowest BCUT2D eigenvalue weighted by Crippen LogP contribution is -2.49. The molecule has 0 atom stereocenters. The number of hydrogen-bond acceptors (Lipinski definition) is 10. The maximum atomic E-state index is 5.49. The van der Waals surface area contributed by atoms with Gasteiger partial charge in [0.1, 0.15) is 12.2 Å². The molecule has 2 aliphatic rings. The summed E-state index contributed by atoms with van der Waals surface area (Å²) in [5.41, 5.74) is 4.60. The summed E-state index contributed by atoms with van der Waals surface area (Å²) in [6, 6.07) is 10.1. The lowest BCUT2D eigenvalue weighted by atomic mass is 10.3. The fourth-order valence-electron chi connectivity index (χ4n) is 5.27. The molecule has 7 rings (SSSR count). The van der Waals surface area contributed by atoms with E-state index in [9.17, 15) is 0 Å². The van der Waals surface area contributed by atoms with Crippen LogP contribution in [0.3, 0.4) is 0 Å². The van der Waals surface area contributed by atoms with Crippen molar-refractivity contribution in [1.82, 2.24) is 39.3 Å². The van der Waals surface area contributed by atoms with Gasteiger partial charge in [0.05, 0.1) is 36.5 Å². The number of morpholine rings is 1. The third kappa shape index (κ3) is 5.20. The molecule has 0 radical (unpaired) electrons. The highest BCUT2D eigenvalue weighted by molar-refractivity contribution is 7.08. The second kappa shape index (κ2) is 10.9. The van der Waals surface area contributed by atoms with Crippen LogP contribution in [0.5, 0.6) is 0 Å². The number of anilines is 2. The van der Waals surface area contributed by atoms with Gasteiger partial charge in [-0.25, -0.2) is 9.97 Å². The molecule has 0 unspecified atom stereocenters. The Morgan fingerprint density at radius 3 is 2.54 bits per heavy atom. The number of para-hydroxylation sites is 2. The summed E-state index contributed by atoms with van der Waals surface area (Å²) < 4.78 is 7.53. The number of thiophene rings is 1. The van der Waals surface area contributed by atoms with Gasteiger partial charge in [-0.1, -0.05) is 12.1 Å². The highest BCUT2D eigenvalue weighted by Crippen LogP contribution is 2.27. The number of nitrogens with zero attached hydrogens (tertiary/aromatic N) is 8. The second-order valence-electron chi connectivity index (χ2n) is 9.98. The van der Waals surface area contributed by atoms with Crippen LogP contribution in [-0.2, 0) is 11.3 Å². The number of ether oxygens (including phenoxy) is 1. The minimum atomic E-state index is 0.515. The number of aromatic amines is 1. The van der Waals surface area contributed by atoms with E-state index in [1.165, 1.54) is 0 Å². The first-order chi connectivity index (χ1) is 19.3. The van der Waals surface area contributed by atoms with Gasteiger partial charge in [-0.3, -0.25) is 14.4 Å². The van der Waals surface area contributed by atoms with Gasteiger partial charge in [0.25, 0.3) is 0 Å². The van der Waals surface area contributed by atoms with Gasteiger partial charge >= 0.3 is 0 Å². The summed E-state index contributed by atoms with van der Waals surface area (Å²) in [4.78, 5) is 30.2. The molecule has 2 N–H and O–H groups in total. The van der Waals surface area contributed by atoms with E-state index in [1.54, 1.807) is 11.3 Å². The van der Waals surface area contributed by atoms with Crippen LogP contribution in [0.4, 0.5) is 11.8 Å². The fourth-order valence-corrected chi connectivity index (χ4v) is 5.90. The minimum absolute atomic E-state index is 0.515. The lowest BCUT2D eigenvalue weighted by molar-refractivity contribution is 0.0331. The van der Waals surface area contributed by atoms with Crippen molar-refractivity contribution in [1.29, 1.82) is 0 Å². The summed E-state index contributed by atoms with van der Waals surface area (Å²) in [6.07, 6.45) is 1.83. The number of aromatic nitrogens is 6. The van der Waals surface area contributed by atoms with E-state index >= 15 is 0 Å². The monoisotopic (exact) mass is 544 g/mol. The normalized spacial score (nSPS) is 17.4. The van der Waals surface area contributed by atoms with Crippen LogP contribution in [0, 0.1) is 0 Å². The number of rotatable bonds is 8. The van der Waals surface area contributed by atoms with Crippen LogP contribution < -0.4 is 10.2 Å². The molecule has 5 aromatic rings. The number of piperazine rings is 1. The Balaban J connectivity index is 1.11. The number of hydrogen-bond donors (Lipinski definition) is 2. The van der Waals surface area contributed by atoms with Crippen molar-refractivity contribution in [2.24, 2.45) is 0 Å². The maximum Gasteiger partial charge on any atom is 0.229 e. The van der Waals surface area contributed by atoms with Gasteiger partial charge in [0, 0.05) is 57.7 Å². The molecule has 6 heterocycles. The summed E-state index contributed by atoms with van der Waals surface area (Å²) in [7, 11) is 0. The molecule has 0 spiro atoms. The van der Waals surface area contributed by atoms with Crippen molar-refractivity contribution in [3.8, 4) is 5.69 Å². The van der Waals surface area contributed by atoms with Gasteiger partial charge in [-0.15, -0.1) is 0 Å². The van der Waals surface area contributed by atoms with Crippen molar-refractivity contribution in [3.63, 3.8) is 0 Å². The molecule has 2 fully saturated rings. The van der Waals surface area contributed by atoms with E-state index in [0.717, 1.165) is 111 Å². The Morgan fingerprint density at radius 1 is 0.923 bits per heavy atom. The molecule has 2 aliphatic heterocycles. The van der Waals surface area contributed by atoms with E-state index in [0.29, 0.717) is 6.54 Å². The molecule has 0 amide bonds. The average Bonchev–Trinajstić information content (AvgIpc) is 3.75. The highest BCUT2D eigenvalue weighted by Gasteiger charge is 2.23. The van der Waals surface area contributed by atoms with Crippen molar-refractivity contribution < 1.29 is 4.74 Å². The van der Waals surface area contributed by atoms with Crippen molar-refractivity contribution >= 4 is 45.3 Å². The first-order valence-electron chi connectivity index (χ1n) is 13.5. The Labute approximate surface area is 230 Å². The van der Waals surface area contributed by atoms with Crippen molar-refractivity contribution in [2.45, 2.75) is 6.54 Å². The molecule has 12 heteroatoms. The predicted molar refractivity (Wildman–Crippen MR) is 154 cm³/mol. The van der Waals surface area contributed by atoms with E-state index in [4.69, 9.17) is 24.7 Å². The minimum Gasteiger partial charge on any atom is -0.379 e. The molecule has 1 aromatic carbocycles. The standard InChI is InChI=1S/C27H32N10OS/c1-2-4-22-21(3-1)30-23(31-22)17-28-25-24-26(37(19-29-24)20-5-16-39-18-20)33-27(32-25)36-10-8-34(9-11-36)6-7-35-12-14-38-15-13-35/h1-5,16,18-19H,6-15,17H2,(H,30,31)(H,28,32,33). The highest BCUT2D eigenvalue weighted by atomic mass is 32.1. The third-order valence-electron chi connectivity index (χ3n) is 7.52. The van der Waals surface area contributed by atoms with Crippen LogP contribution in [0.1, 0.15) is 5.82 Å². The van der Waals surface area contributed by atoms with Crippen LogP contribution >= 0.6 is 11.3 Å². The molecule has 202 valence electrons. The summed E-state index contributed by atoms with van der Waals surface area (Å²) in [5, 5.41) is 7.68. The number of nitrogens with one attached hydrogen (secondary N) is 2. The van der Waals surface area contributed by atoms with Crippen LogP contribution in [0.15, 0.2) is 47.4 Å². The molecular formula is C27H32N10OS. The Morgan fingerprint density at radius 2 is 1.74 bits per heavy atom. The number of benzene rings is 1. The van der Waals surface area contributed by atoms with Crippen molar-refractivity contribution in [2.75, 3.05) is 75.8 Å². The molecule has 0 bridgehead atoms. The Bertz CT molecular complexity index is 1500. The number of imidazole rings is 2. The average molecular weight is 545 g/mol. The van der Waals surface area contributed by atoms with Gasteiger partial charge in [0.2, 0.25) is 5.95 Å². The van der Waals surface area contributed by atoms with E-state index < -0.39 is 0 Å². The number of H-pyrrole nitrogens is 1. The molecule has 11 nitrogen and oxygen atoms in total.